The summed E-state index contributed by atoms with van der Waals surface area (Å²) in [6, 6.07) is 15.5. The third kappa shape index (κ3) is 4.64. The molecule has 0 atom stereocenters. The fourth-order valence-electron chi connectivity index (χ4n) is 3.09. The molecule has 0 aliphatic heterocycles. The van der Waals surface area contributed by atoms with E-state index in [9.17, 15) is 9.59 Å². The molecular weight excluding hydrogens is 392 g/mol. The second-order valence-corrected chi connectivity index (χ2v) is 6.97. The Morgan fingerprint density at radius 2 is 1.58 bits per heavy atom. The van der Waals surface area contributed by atoms with Crippen molar-refractivity contribution in [3.8, 4) is 5.82 Å². The molecule has 0 unspecified atom stereocenters. The van der Waals surface area contributed by atoms with Crippen molar-refractivity contribution in [1.29, 1.82) is 0 Å². The second kappa shape index (κ2) is 8.58. The Morgan fingerprint density at radius 3 is 2.26 bits per heavy atom. The van der Waals surface area contributed by atoms with Crippen LogP contribution >= 0.6 is 0 Å². The zero-order chi connectivity index (χ0) is 21.8. The van der Waals surface area contributed by atoms with E-state index in [1.54, 1.807) is 65.6 Å². The number of carbonyl (C=O) groups excluding carboxylic acids is 2. The standard InChI is InChI=1S/C23H20N6O2/c1-15-12-16(2)29(28-15)21-7-6-18(14-25-21)23(31)27-20-5-3-4-17(13-20)22(30)26-19-8-10-24-11-9-19/h3-14H,1-2H3,(H,27,31)(H,24,26,30). The predicted molar refractivity (Wildman–Crippen MR) is 117 cm³/mol. The molecule has 0 fully saturated rings. The number of aryl methyl sites for hydroxylation is 2. The lowest BCUT2D eigenvalue weighted by atomic mass is 10.1. The van der Waals surface area contributed by atoms with Crippen LogP contribution < -0.4 is 10.6 Å². The molecule has 8 nitrogen and oxygen atoms in total. The normalized spacial score (nSPS) is 10.5. The number of pyridine rings is 2. The van der Waals surface area contributed by atoms with Crippen LogP contribution in [0.2, 0.25) is 0 Å². The van der Waals surface area contributed by atoms with E-state index >= 15 is 0 Å². The van der Waals surface area contributed by atoms with Gasteiger partial charge in [-0.15, -0.1) is 0 Å². The van der Waals surface area contributed by atoms with Gasteiger partial charge in [-0.3, -0.25) is 14.6 Å². The van der Waals surface area contributed by atoms with Gasteiger partial charge < -0.3 is 10.6 Å². The summed E-state index contributed by atoms with van der Waals surface area (Å²) in [7, 11) is 0. The van der Waals surface area contributed by atoms with Crippen LogP contribution in [-0.4, -0.2) is 31.6 Å². The minimum atomic E-state index is -0.320. The van der Waals surface area contributed by atoms with E-state index in [2.05, 4.69) is 25.7 Å². The Morgan fingerprint density at radius 1 is 0.839 bits per heavy atom. The molecular formula is C23H20N6O2. The maximum atomic E-state index is 12.6. The van der Waals surface area contributed by atoms with Crippen molar-refractivity contribution in [2.24, 2.45) is 0 Å². The first-order chi connectivity index (χ1) is 15.0. The Kier molecular flexibility index (Phi) is 5.53. The van der Waals surface area contributed by atoms with Crippen LogP contribution in [0.4, 0.5) is 11.4 Å². The molecule has 0 radical (unpaired) electrons. The van der Waals surface area contributed by atoms with E-state index in [1.807, 2.05) is 19.9 Å². The number of hydrogen-bond acceptors (Lipinski definition) is 5. The largest absolute Gasteiger partial charge is 0.322 e. The highest BCUT2D eigenvalue weighted by Gasteiger charge is 2.11. The van der Waals surface area contributed by atoms with Gasteiger partial charge in [-0.05, 0) is 62.4 Å². The van der Waals surface area contributed by atoms with E-state index in [4.69, 9.17) is 0 Å². The average molecular weight is 412 g/mol. The number of amides is 2. The van der Waals surface area contributed by atoms with Crippen molar-refractivity contribution < 1.29 is 9.59 Å². The minimum Gasteiger partial charge on any atom is -0.322 e. The minimum absolute atomic E-state index is 0.279. The summed E-state index contributed by atoms with van der Waals surface area (Å²) in [5.41, 5.74) is 3.83. The van der Waals surface area contributed by atoms with E-state index in [-0.39, 0.29) is 11.8 Å². The topological polar surface area (TPSA) is 102 Å². The highest BCUT2D eigenvalue weighted by Crippen LogP contribution is 2.15. The monoisotopic (exact) mass is 412 g/mol. The summed E-state index contributed by atoms with van der Waals surface area (Å²) in [6.45, 7) is 3.86. The average Bonchev–Trinajstić information content (AvgIpc) is 3.12. The number of benzene rings is 1. The molecule has 4 aromatic rings. The number of nitrogens with zero attached hydrogens (tertiary/aromatic N) is 4. The van der Waals surface area contributed by atoms with Gasteiger partial charge in [-0.1, -0.05) is 6.07 Å². The van der Waals surface area contributed by atoms with Crippen molar-refractivity contribution in [1.82, 2.24) is 19.7 Å². The maximum Gasteiger partial charge on any atom is 0.257 e. The van der Waals surface area contributed by atoms with Crippen molar-refractivity contribution in [2.45, 2.75) is 13.8 Å². The first kappa shape index (κ1) is 20.0. The van der Waals surface area contributed by atoms with Gasteiger partial charge in [0.15, 0.2) is 5.82 Å². The molecule has 0 saturated carbocycles. The van der Waals surface area contributed by atoms with Crippen LogP contribution in [0.15, 0.2) is 73.2 Å². The van der Waals surface area contributed by atoms with Crippen LogP contribution in [0, 0.1) is 13.8 Å². The number of rotatable bonds is 5. The lowest BCUT2D eigenvalue weighted by Gasteiger charge is -2.09. The molecule has 154 valence electrons. The highest BCUT2D eigenvalue weighted by atomic mass is 16.2. The van der Waals surface area contributed by atoms with Gasteiger partial charge in [0.25, 0.3) is 11.8 Å². The van der Waals surface area contributed by atoms with Gasteiger partial charge in [-0.2, -0.15) is 5.10 Å². The number of anilines is 2. The van der Waals surface area contributed by atoms with Gasteiger partial charge in [0.1, 0.15) is 0 Å². The van der Waals surface area contributed by atoms with Crippen LogP contribution in [0.3, 0.4) is 0 Å². The van der Waals surface area contributed by atoms with Crippen molar-refractivity contribution >= 4 is 23.2 Å². The molecule has 0 spiro atoms. The summed E-state index contributed by atoms with van der Waals surface area (Å²) < 4.78 is 1.72. The van der Waals surface area contributed by atoms with E-state index in [1.165, 1.54) is 6.20 Å². The van der Waals surface area contributed by atoms with Gasteiger partial charge in [0.2, 0.25) is 0 Å². The van der Waals surface area contributed by atoms with Crippen molar-refractivity contribution in [3.63, 3.8) is 0 Å². The van der Waals surface area contributed by atoms with Crippen LogP contribution in [0.25, 0.3) is 5.82 Å². The fraction of sp³-hybridized carbons (Fsp3) is 0.0870. The quantitative estimate of drug-likeness (QED) is 0.519. The molecule has 4 rings (SSSR count). The Bertz CT molecular complexity index is 1230. The van der Waals surface area contributed by atoms with Crippen LogP contribution in [0.5, 0.6) is 0 Å². The zero-order valence-corrected chi connectivity index (χ0v) is 17.0. The van der Waals surface area contributed by atoms with E-state index < -0.39 is 0 Å². The molecule has 0 aliphatic carbocycles. The first-order valence-corrected chi connectivity index (χ1v) is 9.62. The molecule has 2 amide bonds. The Balaban J connectivity index is 1.45. The van der Waals surface area contributed by atoms with Gasteiger partial charge >= 0.3 is 0 Å². The lowest BCUT2D eigenvalue weighted by molar-refractivity contribution is 0.101. The molecule has 31 heavy (non-hydrogen) atoms. The Labute approximate surface area is 179 Å². The first-order valence-electron chi connectivity index (χ1n) is 9.62. The SMILES string of the molecule is Cc1cc(C)n(-c2ccc(C(=O)Nc3cccc(C(=O)Nc4ccncc4)c3)cn2)n1. The maximum absolute atomic E-state index is 12.6. The molecule has 8 heteroatoms. The van der Waals surface area contributed by atoms with Crippen LogP contribution in [-0.2, 0) is 0 Å². The third-order valence-electron chi connectivity index (χ3n) is 4.56. The van der Waals surface area contributed by atoms with Crippen LogP contribution in [0.1, 0.15) is 32.1 Å². The number of carbonyl (C=O) groups is 2. The number of nitrogens with one attached hydrogen (secondary N) is 2. The number of hydrogen-bond donors (Lipinski definition) is 2. The Hall–Kier alpha value is -4.33. The molecule has 3 aromatic heterocycles. The van der Waals surface area contributed by atoms with Gasteiger partial charge in [0, 0.05) is 41.2 Å². The molecule has 0 aliphatic rings. The van der Waals surface area contributed by atoms with E-state index in [0.29, 0.717) is 28.3 Å². The molecule has 2 N–H and O–H groups in total. The molecule has 0 saturated heterocycles. The smallest absolute Gasteiger partial charge is 0.257 e. The molecule has 0 bridgehead atoms. The van der Waals surface area contributed by atoms with E-state index in [0.717, 1.165) is 11.4 Å². The summed E-state index contributed by atoms with van der Waals surface area (Å²) >= 11 is 0. The summed E-state index contributed by atoms with van der Waals surface area (Å²) in [4.78, 5) is 33.4. The summed E-state index contributed by atoms with van der Waals surface area (Å²) in [5.74, 6) is 0.0363. The summed E-state index contributed by atoms with van der Waals surface area (Å²) in [5, 5.41) is 9.98. The lowest BCUT2D eigenvalue weighted by Crippen LogP contribution is -2.15. The zero-order valence-electron chi connectivity index (χ0n) is 17.0. The van der Waals surface area contributed by atoms with Crippen molar-refractivity contribution in [3.05, 3.63) is 95.7 Å². The number of aromatic nitrogens is 4. The predicted octanol–water partition coefficient (Wildman–Crippen LogP) is 3.78. The fourth-order valence-corrected chi connectivity index (χ4v) is 3.09. The molecule has 1 aromatic carbocycles. The highest BCUT2D eigenvalue weighted by molar-refractivity contribution is 6.07. The van der Waals surface area contributed by atoms with Gasteiger partial charge in [-0.25, -0.2) is 9.67 Å². The van der Waals surface area contributed by atoms with Gasteiger partial charge in [0.05, 0.1) is 11.3 Å². The van der Waals surface area contributed by atoms with Crippen molar-refractivity contribution in [2.75, 3.05) is 10.6 Å². The molecule has 3 heterocycles. The summed E-state index contributed by atoms with van der Waals surface area (Å²) in [6.07, 6.45) is 4.70. The second-order valence-electron chi connectivity index (χ2n) is 6.97. The third-order valence-corrected chi connectivity index (χ3v) is 4.56.